The fourth-order valence-corrected chi connectivity index (χ4v) is 3.08. The largest absolute Gasteiger partial charge is 1.00 e. The second-order valence-corrected chi connectivity index (χ2v) is 7.60. The van der Waals surface area contributed by atoms with E-state index in [-0.39, 0.29) is 12.4 Å². The van der Waals surface area contributed by atoms with E-state index in [1.54, 1.807) is 4.90 Å². The summed E-state index contributed by atoms with van der Waals surface area (Å²) in [4.78, 5) is 1.59. The monoisotopic (exact) mass is 359 g/mol. The summed E-state index contributed by atoms with van der Waals surface area (Å²) in [6.45, 7) is 3.63. The lowest BCUT2D eigenvalue weighted by Gasteiger charge is -2.06. The molecule has 0 aromatic heterocycles. The Morgan fingerprint density at radius 2 is 0.917 bits per heavy atom. The first-order valence-corrected chi connectivity index (χ1v) is 10.7. The quantitative estimate of drug-likeness (QED) is 0.283. The molecule has 0 radical (unpaired) electrons. The topological polar surface area (TPSA) is 4.44 Å². The van der Waals surface area contributed by atoms with E-state index in [1.165, 1.54) is 109 Å². The van der Waals surface area contributed by atoms with Crippen LogP contribution in [-0.2, 0) is 0 Å². The van der Waals surface area contributed by atoms with Gasteiger partial charge in [0, 0.05) is 0 Å². The maximum Gasteiger partial charge on any atom is 0.0766 e. The Morgan fingerprint density at radius 3 is 1.33 bits per heavy atom. The van der Waals surface area contributed by atoms with Gasteiger partial charge in [0.05, 0.1) is 20.6 Å². The van der Waals surface area contributed by atoms with Crippen molar-refractivity contribution in [3.63, 3.8) is 0 Å². The molecule has 0 amide bonds. The lowest BCUT2D eigenvalue weighted by atomic mass is 10.1. The summed E-state index contributed by atoms with van der Waals surface area (Å²) in [5.74, 6) is 0. The molecule has 0 aromatic rings. The third kappa shape index (κ3) is 24.2. The van der Waals surface area contributed by atoms with Crippen LogP contribution in [-0.4, -0.2) is 20.6 Å². The smallest absolute Gasteiger partial charge is 0.0766 e. The van der Waals surface area contributed by atoms with Gasteiger partial charge in [-0.05, 0) is 38.5 Å². The minimum absolute atomic E-state index is 0. The van der Waals surface area contributed by atoms with Gasteiger partial charge < -0.3 is 17.3 Å². The highest BCUT2D eigenvalue weighted by molar-refractivity contribution is 4.81. The van der Waals surface area contributed by atoms with Gasteiger partial charge in [-0.2, -0.15) is 0 Å². The molecular weight excluding hydrogens is 314 g/mol. The SMILES string of the molecule is CCCCCCCC/C=C\CCCCCCCCCC[NH+](C)C.[Cl-]. The zero-order valence-corrected chi connectivity index (χ0v) is 17.8. The Balaban J connectivity index is 0. The number of hydrogen-bond donors (Lipinski definition) is 1. The van der Waals surface area contributed by atoms with E-state index in [0.717, 1.165) is 0 Å². The maximum atomic E-state index is 2.43. The van der Waals surface area contributed by atoms with Crippen LogP contribution in [0.1, 0.15) is 110 Å². The van der Waals surface area contributed by atoms with Crippen LogP contribution in [0, 0.1) is 0 Å². The van der Waals surface area contributed by atoms with E-state index in [4.69, 9.17) is 0 Å². The standard InChI is InChI=1S/C22H45N.ClH/c1-4-5-6-7-8-9-10-11-12-13-14-15-16-17-18-19-20-21-22-23(2)3;/h11-12H,4-10,13-22H2,1-3H3;1H/b12-11-;. The van der Waals surface area contributed by atoms with Crippen molar-refractivity contribution in [3.05, 3.63) is 12.2 Å². The van der Waals surface area contributed by atoms with E-state index in [0.29, 0.717) is 0 Å². The molecule has 24 heavy (non-hydrogen) atoms. The molecule has 0 aliphatic carbocycles. The molecule has 0 aliphatic rings. The first kappa shape index (κ1) is 26.2. The number of unbranched alkanes of at least 4 members (excludes halogenated alkanes) is 14. The number of quaternary nitrogens is 1. The number of halogens is 1. The fourth-order valence-electron chi connectivity index (χ4n) is 3.08. The fraction of sp³-hybridized carbons (Fsp3) is 0.909. The van der Waals surface area contributed by atoms with Crippen molar-refractivity contribution in [2.45, 2.75) is 110 Å². The number of allylic oxidation sites excluding steroid dienone is 2. The molecule has 0 aliphatic heterocycles. The average molecular weight is 360 g/mol. The van der Waals surface area contributed by atoms with Gasteiger partial charge >= 0.3 is 0 Å². The second-order valence-electron chi connectivity index (χ2n) is 7.60. The number of nitrogens with one attached hydrogen (secondary N) is 1. The molecule has 0 bridgehead atoms. The molecule has 0 atom stereocenters. The molecule has 146 valence electrons. The molecule has 0 aromatic carbocycles. The van der Waals surface area contributed by atoms with Gasteiger partial charge in [0.25, 0.3) is 0 Å². The first-order valence-electron chi connectivity index (χ1n) is 10.7. The van der Waals surface area contributed by atoms with Crippen LogP contribution >= 0.6 is 0 Å². The van der Waals surface area contributed by atoms with Gasteiger partial charge in [-0.3, -0.25) is 0 Å². The van der Waals surface area contributed by atoms with Crippen LogP contribution < -0.4 is 17.3 Å². The molecule has 0 fully saturated rings. The van der Waals surface area contributed by atoms with Gasteiger partial charge in [0.2, 0.25) is 0 Å². The van der Waals surface area contributed by atoms with Crippen LogP contribution in [0.25, 0.3) is 0 Å². The van der Waals surface area contributed by atoms with E-state index < -0.39 is 0 Å². The van der Waals surface area contributed by atoms with Crippen LogP contribution in [0.2, 0.25) is 0 Å². The summed E-state index contributed by atoms with van der Waals surface area (Å²) in [5, 5.41) is 0. The van der Waals surface area contributed by atoms with Crippen LogP contribution in [0.4, 0.5) is 0 Å². The third-order valence-corrected chi connectivity index (χ3v) is 4.69. The highest BCUT2D eigenvalue weighted by Gasteiger charge is 1.95. The predicted molar refractivity (Wildman–Crippen MR) is 106 cm³/mol. The van der Waals surface area contributed by atoms with Crippen LogP contribution in [0.3, 0.4) is 0 Å². The molecule has 2 heteroatoms. The van der Waals surface area contributed by atoms with E-state index in [2.05, 4.69) is 33.2 Å². The number of rotatable bonds is 18. The maximum absolute atomic E-state index is 2.43. The molecule has 0 saturated heterocycles. The van der Waals surface area contributed by atoms with Crippen molar-refractivity contribution in [1.29, 1.82) is 0 Å². The Kier molecular flexibility index (Phi) is 25.1. The summed E-state index contributed by atoms with van der Waals surface area (Å²) in [7, 11) is 4.50. The van der Waals surface area contributed by atoms with E-state index in [9.17, 15) is 0 Å². The molecule has 0 heterocycles. The van der Waals surface area contributed by atoms with Crippen LogP contribution in [0.5, 0.6) is 0 Å². The van der Waals surface area contributed by atoms with Crippen molar-refractivity contribution >= 4 is 0 Å². The summed E-state index contributed by atoms with van der Waals surface area (Å²) >= 11 is 0. The molecule has 1 nitrogen and oxygen atoms in total. The Morgan fingerprint density at radius 1 is 0.542 bits per heavy atom. The minimum Gasteiger partial charge on any atom is -1.00 e. The molecule has 1 N–H and O–H groups in total. The Labute approximate surface area is 160 Å². The average Bonchev–Trinajstić information content (AvgIpc) is 2.53. The number of hydrogen-bond acceptors (Lipinski definition) is 0. The minimum atomic E-state index is 0. The summed E-state index contributed by atoms with van der Waals surface area (Å²) < 4.78 is 0. The molecular formula is C22H46ClN. The zero-order valence-electron chi connectivity index (χ0n) is 17.1. The van der Waals surface area contributed by atoms with Crippen molar-refractivity contribution < 1.29 is 17.3 Å². The highest BCUT2D eigenvalue weighted by atomic mass is 35.5. The third-order valence-electron chi connectivity index (χ3n) is 4.69. The van der Waals surface area contributed by atoms with Gasteiger partial charge in [-0.1, -0.05) is 83.3 Å². The van der Waals surface area contributed by atoms with Crippen LogP contribution in [0.15, 0.2) is 12.2 Å². The van der Waals surface area contributed by atoms with Gasteiger partial charge in [0.1, 0.15) is 0 Å². The Bertz CT molecular complexity index is 238. The summed E-state index contributed by atoms with van der Waals surface area (Å²) in [5.41, 5.74) is 0. The molecule has 0 spiro atoms. The lowest BCUT2D eigenvalue weighted by molar-refractivity contribution is -0.858. The van der Waals surface area contributed by atoms with Crippen molar-refractivity contribution in [2.75, 3.05) is 20.6 Å². The van der Waals surface area contributed by atoms with Crippen molar-refractivity contribution in [1.82, 2.24) is 0 Å². The predicted octanol–water partition coefficient (Wildman–Crippen LogP) is 2.95. The van der Waals surface area contributed by atoms with E-state index >= 15 is 0 Å². The zero-order chi connectivity index (χ0) is 17.0. The van der Waals surface area contributed by atoms with Gasteiger partial charge in [-0.15, -0.1) is 0 Å². The van der Waals surface area contributed by atoms with E-state index in [1.807, 2.05) is 0 Å². The van der Waals surface area contributed by atoms with Gasteiger partial charge in [-0.25, -0.2) is 0 Å². The normalized spacial score (nSPS) is 11.3. The highest BCUT2D eigenvalue weighted by Crippen LogP contribution is 2.10. The molecule has 0 saturated carbocycles. The van der Waals surface area contributed by atoms with Crippen molar-refractivity contribution in [2.24, 2.45) is 0 Å². The summed E-state index contributed by atoms with van der Waals surface area (Å²) in [6.07, 6.45) is 27.4. The molecule has 0 rings (SSSR count). The van der Waals surface area contributed by atoms with Crippen molar-refractivity contribution in [3.8, 4) is 0 Å². The second kappa shape index (κ2) is 23.0. The Hall–Kier alpha value is -0.0100. The lowest BCUT2D eigenvalue weighted by Crippen LogP contribution is -3.05. The summed E-state index contributed by atoms with van der Waals surface area (Å²) in [6, 6.07) is 0. The first-order chi connectivity index (χ1) is 11.3. The van der Waals surface area contributed by atoms with Gasteiger partial charge in [0.15, 0.2) is 0 Å². The molecule has 0 unspecified atom stereocenters.